The summed E-state index contributed by atoms with van der Waals surface area (Å²) >= 11 is 3.54. The van der Waals surface area contributed by atoms with Crippen LogP contribution < -0.4 is 5.32 Å². The van der Waals surface area contributed by atoms with Crippen LogP contribution in [-0.4, -0.2) is 16.9 Å². The van der Waals surface area contributed by atoms with E-state index in [1.807, 2.05) is 6.07 Å². The molecule has 0 saturated carbocycles. The first kappa shape index (κ1) is 15.1. The van der Waals surface area contributed by atoms with Gasteiger partial charge in [0.1, 0.15) is 0 Å². The Morgan fingerprint density at radius 1 is 1.18 bits per heavy atom. The smallest absolute Gasteiger partial charge is 0.217 e. The minimum absolute atomic E-state index is 0.0314. The summed E-state index contributed by atoms with van der Waals surface area (Å²) in [6.07, 6.45) is 1.78. The molecule has 0 spiro atoms. The Hall–Kier alpha value is -1.81. The summed E-state index contributed by atoms with van der Waals surface area (Å²) in [6, 6.07) is 12.9. The third kappa shape index (κ3) is 3.02. The van der Waals surface area contributed by atoms with Gasteiger partial charge in [0.05, 0.1) is 0 Å². The van der Waals surface area contributed by atoms with Gasteiger partial charge in [-0.2, -0.15) is 0 Å². The summed E-state index contributed by atoms with van der Waals surface area (Å²) in [5, 5.41) is 5.46. The maximum atomic E-state index is 11.3. The molecule has 0 radical (unpaired) electrons. The Kier molecular flexibility index (Phi) is 4.21. The standard InChI is InChI=1S/C18H19BrN2O/c1-3-14(20-11(2)22)8-12-4-6-17-15(9-12)16-10-13(19)5-7-18(16)21-17/h4-7,9-10,14,21H,3,8H2,1-2H3,(H,20,22). The average Bonchev–Trinajstić information content (AvgIpc) is 2.83. The molecule has 114 valence electrons. The molecule has 3 aromatic rings. The lowest BCUT2D eigenvalue weighted by Gasteiger charge is -2.15. The number of H-pyrrole nitrogens is 1. The van der Waals surface area contributed by atoms with Crippen LogP contribution in [0.3, 0.4) is 0 Å². The molecule has 2 N–H and O–H groups in total. The maximum absolute atomic E-state index is 11.3. The number of aromatic nitrogens is 1. The van der Waals surface area contributed by atoms with Gasteiger partial charge in [0.25, 0.3) is 0 Å². The highest BCUT2D eigenvalue weighted by molar-refractivity contribution is 9.10. The van der Waals surface area contributed by atoms with Crippen LogP contribution in [0.25, 0.3) is 21.8 Å². The number of carbonyl (C=O) groups excluding carboxylic acids is 1. The van der Waals surface area contributed by atoms with E-state index >= 15 is 0 Å². The molecule has 0 aliphatic rings. The SMILES string of the molecule is CCC(Cc1ccc2[nH]c3ccc(Br)cc3c2c1)NC(C)=O. The van der Waals surface area contributed by atoms with Crippen molar-refractivity contribution < 1.29 is 4.79 Å². The lowest BCUT2D eigenvalue weighted by molar-refractivity contribution is -0.119. The van der Waals surface area contributed by atoms with Gasteiger partial charge in [-0.15, -0.1) is 0 Å². The van der Waals surface area contributed by atoms with E-state index in [1.54, 1.807) is 6.92 Å². The van der Waals surface area contributed by atoms with Crippen LogP contribution in [0.2, 0.25) is 0 Å². The predicted molar refractivity (Wildman–Crippen MR) is 95.1 cm³/mol. The monoisotopic (exact) mass is 358 g/mol. The summed E-state index contributed by atoms with van der Waals surface area (Å²) in [4.78, 5) is 14.7. The molecule has 22 heavy (non-hydrogen) atoms. The van der Waals surface area contributed by atoms with Gasteiger partial charge in [0.2, 0.25) is 5.91 Å². The van der Waals surface area contributed by atoms with Crippen molar-refractivity contribution in [3.05, 3.63) is 46.4 Å². The largest absolute Gasteiger partial charge is 0.355 e. The topological polar surface area (TPSA) is 44.9 Å². The zero-order valence-electron chi connectivity index (χ0n) is 12.7. The molecule has 0 saturated heterocycles. The predicted octanol–water partition coefficient (Wildman–Crippen LogP) is 4.54. The molecule has 0 bridgehead atoms. The fraction of sp³-hybridized carbons (Fsp3) is 0.278. The second kappa shape index (κ2) is 6.13. The maximum Gasteiger partial charge on any atom is 0.217 e. The highest BCUT2D eigenvalue weighted by Crippen LogP contribution is 2.29. The molecular formula is C18H19BrN2O. The Bertz CT molecular complexity index is 838. The van der Waals surface area contributed by atoms with Gasteiger partial charge in [0, 0.05) is 39.2 Å². The van der Waals surface area contributed by atoms with Gasteiger partial charge in [-0.1, -0.05) is 28.9 Å². The van der Waals surface area contributed by atoms with Crippen molar-refractivity contribution in [3.63, 3.8) is 0 Å². The normalized spacial score (nSPS) is 12.7. The van der Waals surface area contributed by atoms with Gasteiger partial charge in [-0.05, 0) is 48.7 Å². The van der Waals surface area contributed by atoms with E-state index in [0.29, 0.717) is 0 Å². The molecule has 3 nitrogen and oxygen atoms in total. The number of hydrogen-bond donors (Lipinski definition) is 2. The molecule has 1 aromatic heterocycles. The fourth-order valence-corrected chi connectivity index (χ4v) is 3.27. The van der Waals surface area contributed by atoms with Crippen molar-refractivity contribution >= 4 is 43.6 Å². The van der Waals surface area contributed by atoms with Crippen LogP contribution in [0.15, 0.2) is 40.9 Å². The van der Waals surface area contributed by atoms with Crippen molar-refractivity contribution in [3.8, 4) is 0 Å². The number of nitrogens with one attached hydrogen (secondary N) is 2. The highest BCUT2D eigenvalue weighted by Gasteiger charge is 2.11. The number of hydrogen-bond acceptors (Lipinski definition) is 1. The van der Waals surface area contributed by atoms with Crippen molar-refractivity contribution in [2.24, 2.45) is 0 Å². The minimum Gasteiger partial charge on any atom is -0.355 e. The molecule has 0 aliphatic carbocycles. The number of rotatable bonds is 4. The van der Waals surface area contributed by atoms with E-state index < -0.39 is 0 Å². The van der Waals surface area contributed by atoms with Gasteiger partial charge in [0.15, 0.2) is 0 Å². The minimum atomic E-state index is 0.0314. The lowest BCUT2D eigenvalue weighted by Crippen LogP contribution is -2.34. The van der Waals surface area contributed by atoms with Crippen LogP contribution in [0.5, 0.6) is 0 Å². The number of aromatic amines is 1. The fourth-order valence-electron chi connectivity index (χ4n) is 2.91. The first-order valence-corrected chi connectivity index (χ1v) is 8.33. The van der Waals surface area contributed by atoms with Gasteiger partial charge in [-0.3, -0.25) is 4.79 Å². The molecule has 0 aliphatic heterocycles. The number of fused-ring (bicyclic) bond motifs is 3. The van der Waals surface area contributed by atoms with Crippen LogP contribution >= 0.6 is 15.9 Å². The second-order valence-electron chi connectivity index (χ2n) is 5.70. The molecule has 4 heteroatoms. The zero-order chi connectivity index (χ0) is 15.7. The summed E-state index contributed by atoms with van der Waals surface area (Å²) in [7, 11) is 0. The van der Waals surface area contributed by atoms with Crippen LogP contribution in [-0.2, 0) is 11.2 Å². The Balaban J connectivity index is 1.99. The summed E-state index contributed by atoms with van der Waals surface area (Å²) in [5.41, 5.74) is 3.53. The van der Waals surface area contributed by atoms with Crippen molar-refractivity contribution in [1.82, 2.24) is 10.3 Å². The quantitative estimate of drug-likeness (QED) is 0.706. The van der Waals surface area contributed by atoms with Crippen molar-refractivity contribution in [2.75, 3.05) is 0 Å². The van der Waals surface area contributed by atoms with Gasteiger partial charge >= 0.3 is 0 Å². The second-order valence-corrected chi connectivity index (χ2v) is 6.62. The Labute approximate surface area is 138 Å². The first-order chi connectivity index (χ1) is 10.6. The van der Waals surface area contributed by atoms with E-state index in [1.165, 1.54) is 16.3 Å². The third-order valence-electron chi connectivity index (χ3n) is 4.01. The summed E-state index contributed by atoms with van der Waals surface area (Å²) in [6.45, 7) is 3.67. The number of carbonyl (C=O) groups is 1. The Morgan fingerprint density at radius 3 is 2.55 bits per heavy atom. The zero-order valence-corrected chi connectivity index (χ0v) is 14.3. The van der Waals surface area contributed by atoms with Crippen LogP contribution in [0.1, 0.15) is 25.8 Å². The number of amides is 1. The molecule has 2 aromatic carbocycles. The van der Waals surface area contributed by atoms with Crippen LogP contribution in [0.4, 0.5) is 0 Å². The van der Waals surface area contributed by atoms with E-state index in [0.717, 1.165) is 28.3 Å². The molecule has 1 heterocycles. The molecule has 1 amide bonds. The third-order valence-corrected chi connectivity index (χ3v) is 4.50. The van der Waals surface area contributed by atoms with Gasteiger partial charge in [-0.25, -0.2) is 0 Å². The molecular weight excluding hydrogens is 340 g/mol. The van der Waals surface area contributed by atoms with Gasteiger partial charge < -0.3 is 10.3 Å². The molecule has 3 rings (SSSR count). The first-order valence-electron chi connectivity index (χ1n) is 7.54. The van der Waals surface area contributed by atoms with Crippen LogP contribution in [0, 0.1) is 0 Å². The van der Waals surface area contributed by atoms with E-state index in [4.69, 9.17) is 0 Å². The Morgan fingerprint density at radius 2 is 1.86 bits per heavy atom. The number of benzene rings is 2. The molecule has 1 unspecified atom stereocenters. The average molecular weight is 359 g/mol. The van der Waals surface area contributed by atoms with E-state index in [-0.39, 0.29) is 11.9 Å². The number of halogens is 1. The highest BCUT2D eigenvalue weighted by atomic mass is 79.9. The summed E-state index contributed by atoms with van der Waals surface area (Å²) in [5.74, 6) is 0.0314. The molecule has 1 atom stereocenters. The lowest BCUT2D eigenvalue weighted by atomic mass is 10.0. The van der Waals surface area contributed by atoms with E-state index in [9.17, 15) is 4.79 Å². The van der Waals surface area contributed by atoms with E-state index in [2.05, 4.69) is 63.5 Å². The molecule has 0 fully saturated rings. The van der Waals surface area contributed by atoms with Crippen molar-refractivity contribution in [1.29, 1.82) is 0 Å². The van der Waals surface area contributed by atoms with Crippen molar-refractivity contribution in [2.45, 2.75) is 32.7 Å². The summed E-state index contributed by atoms with van der Waals surface area (Å²) < 4.78 is 1.08.